The lowest BCUT2D eigenvalue weighted by atomic mass is 10.0. The molecular formula is C13H22N2O. The van der Waals surface area contributed by atoms with Crippen molar-refractivity contribution in [1.29, 1.82) is 0 Å². The average Bonchev–Trinajstić information content (AvgIpc) is 2.23. The Morgan fingerprint density at radius 2 is 1.75 bits per heavy atom. The summed E-state index contributed by atoms with van der Waals surface area (Å²) >= 11 is 0. The van der Waals surface area contributed by atoms with Crippen molar-refractivity contribution in [3.8, 4) is 0 Å². The van der Waals surface area contributed by atoms with E-state index in [0.29, 0.717) is 13.1 Å². The maximum absolute atomic E-state index is 9.54. The van der Waals surface area contributed by atoms with Gasteiger partial charge in [0.1, 0.15) is 0 Å². The zero-order valence-electron chi connectivity index (χ0n) is 10.6. The molecule has 1 aromatic rings. The largest absolute Gasteiger partial charge is 0.390 e. The summed E-state index contributed by atoms with van der Waals surface area (Å²) in [6.45, 7) is 7.17. The highest BCUT2D eigenvalue weighted by molar-refractivity contribution is 5.56. The molecule has 0 bridgehead atoms. The molecule has 1 rings (SSSR count). The van der Waals surface area contributed by atoms with Crippen LogP contribution in [0.15, 0.2) is 12.1 Å². The highest BCUT2D eigenvalue weighted by Crippen LogP contribution is 2.23. The van der Waals surface area contributed by atoms with Gasteiger partial charge in [-0.25, -0.2) is 0 Å². The van der Waals surface area contributed by atoms with E-state index in [1.807, 2.05) is 7.05 Å². The fourth-order valence-electron chi connectivity index (χ4n) is 1.85. The van der Waals surface area contributed by atoms with Gasteiger partial charge in [-0.15, -0.1) is 0 Å². The standard InChI is InChI=1S/C13H22N2O/c1-9-5-11(3)13(6-10(9)2)15(4)8-12(16)7-14/h5-6,12,16H,7-8,14H2,1-4H3. The van der Waals surface area contributed by atoms with Gasteiger partial charge in [0, 0.05) is 25.8 Å². The molecule has 3 N–H and O–H groups in total. The first-order valence-corrected chi connectivity index (χ1v) is 5.62. The van der Waals surface area contributed by atoms with E-state index in [9.17, 15) is 5.11 Å². The van der Waals surface area contributed by atoms with E-state index >= 15 is 0 Å². The first kappa shape index (κ1) is 13.0. The molecule has 0 radical (unpaired) electrons. The molecule has 0 aliphatic rings. The molecule has 16 heavy (non-hydrogen) atoms. The minimum Gasteiger partial charge on any atom is -0.390 e. The lowest BCUT2D eigenvalue weighted by molar-refractivity contribution is 0.189. The van der Waals surface area contributed by atoms with Crippen LogP contribution in [-0.2, 0) is 0 Å². The molecule has 1 atom stereocenters. The maximum Gasteiger partial charge on any atom is 0.0836 e. The number of hydrogen-bond acceptors (Lipinski definition) is 3. The van der Waals surface area contributed by atoms with Crippen LogP contribution < -0.4 is 10.6 Å². The molecule has 0 heterocycles. The van der Waals surface area contributed by atoms with Crippen molar-refractivity contribution in [3.05, 3.63) is 28.8 Å². The van der Waals surface area contributed by atoms with E-state index < -0.39 is 6.10 Å². The summed E-state index contributed by atoms with van der Waals surface area (Å²) in [4.78, 5) is 2.05. The number of nitrogens with two attached hydrogens (primary N) is 1. The van der Waals surface area contributed by atoms with Crippen LogP contribution in [0.4, 0.5) is 5.69 Å². The third-order valence-electron chi connectivity index (χ3n) is 2.98. The molecule has 1 aromatic carbocycles. The lowest BCUT2D eigenvalue weighted by Crippen LogP contribution is -2.34. The molecule has 0 aromatic heterocycles. The van der Waals surface area contributed by atoms with Gasteiger partial charge in [0.25, 0.3) is 0 Å². The fourth-order valence-corrected chi connectivity index (χ4v) is 1.85. The van der Waals surface area contributed by atoms with E-state index in [4.69, 9.17) is 5.73 Å². The van der Waals surface area contributed by atoms with Gasteiger partial charge in [0.15, 0.2) is 0 Å². The number of likely N-dealkylation sites (N-methyl/N-ethyl adjacent to an activating group) is 1. The highest BCUT2D eigenvalue weighted by atomic mass is 16.3. The monoisotopic (exact) mass is 222 g/mol. The molecule has 0 aliphatic heterocycles. The van der Waals surface area contributed by atoms with Crippen molar-refractivity contribution in [1.82, 2.24) is 0 Å². The SMILES string of the molecule is Cc1cc(C)c(N(C)CC(O)CN)cc1C. The van der Waals surface area contributed by atoms with Gasteiger partial charge in [0.2, 0.25) is 0 Å². The third-order valence-corrected chi connectivity index (χ3v) is 2.98. The Balaban J connectivity index is 2.91. The predicted molar refractivity (Wildman–Crippen MR) is 69.0 cm³/mol. The van der Waals surface area contributed by atoms with Crippen molar-refractivity contribution in [2.75, 3.05) is 25.0 Å². The van der Waals surface area contributed by atoms with E-state index in [1.54, 1.807) is 0 Å². The van der Waals surface area contributed by atoms with E-state index in [0.717, 1.165) is 5.69 Å². The van der Waals surface area contributed by atoms with Gasteiger partial charge in [0.05, 0.1) is 6.10 Å². The minimum absolute atomic E-state index is 0.300. The molecule has 0 fully saturated rings. The van der Waals surface area contributed by atoms with Crippen LogP contribution in [0.25, 0.3) is 0 Å². The zero-order chi connectivity index (χ0) is 12.3. The Morgan fingerprint density at radius 1 is 1.19 bits per heavy atom. The number of benzene rings is 1. The summed E-state index contributed by atoms with van der Waals surface area (Å²) in [7, 11) is 1.98. The van der Waals surface area contributed by atoms with Gasteiger partial charge >= 0.3 is 0 Å². The van der Waals surface area contributed by atoms with Crippen LogP contribution in [0.3, 0.4) is 0 Å². The molecular weight excluding hydrogens is 200 g/mol. The number of anilines is 1. The average molecular weight is 222 g/mol. The molecule has 1 unspecified atom stereocenters. The molecule has 3 nitrogen and oxygen atoms in total. The first-order valence-electron chi connectivity index (χ1n) is 5.62. The second-order valence-corrected chi connectivity index (χ2v) is 4.49. The fraction of sp³-hybridized carbons (Fsp3) is 0.538. The molecule has 90 valence electrons. The number of aliphatic hydroxyl groups is 1. The van der Waals surface area contributed by atoms with E-state index in [2.05, 4.69) is 37.8 Å². The van der Waals surface area contributed by atoms with Gasteiger partial charge in [-0.1, -0.05) is 6.07 Å². The smallest absolute Gasteiger partial charge is 0.0836 e. The Kier molecular flexibility index (Phi) is 4.33. The molecule has 0 saturated carbocycles. The molecule has 0 saturated heterocycles. The van der Waals surface area contributed by atoms with Crippen molar-refractivity contribution < 1.29 is 5.11 Å². The Labute approximate surface area is 97.9 Å². The van der Waals surface area contributed by atoms with Gasteiger partial charge < -0.3 is 15.7 Å². The van der Waals surface area contributed by atoms with Gasteiger partial charge in [-0.05, 0) is 43.5 Å². The summed E-state index contributed by atoms with van der Waals surface area (Å²) < 4.78 is 0. The Hall–Kier alpha value is -1.06. The summed E-state index contributed by atoms with van der Waals surface area (Å²) in [6, 6.07) is 4.34. The van der Waals surface area contributed by atoms with E-state index in [-0.39, 0.29) is 0 Å². The van der Waals surface area contributed by atoms with Crippen LogP contribution in [0.5, 0.6) is 0 Å². The maximum atomic E-state index is 9.54. The third kappa shape index (κ3) is 2.97. The second kappa shape index (κ2) is 5.32. The number of rotatable bonds is 4. The zero-order valence-corrected chi connectivity index (χ0v) is 10.6. The Bertz CT molecular complexity index is 363. The van der Waals surface area contributed by atoms with Crippen LogP contribution in [0.2, 0.25) is 0 Å². The Morgan fingerprint density at radius 3 is 2.31 bits per heavy atom. The topological polar surface area (TPSA) is 49.5 Å². The van der Waals surface area contributed by atoms with Crippen LogP contribution in [0, 0.1) is 20.8 Å². The predicted octanol–water partition coefficient (Wildman–Crippen LogP) is 1.37. The first-order chi connectivity index (χ1) is 7.45. The van der Waals surface area contributed by atoms with E-state index in [1.165, 1.54) is 16.7 Å². The highest BCUT2D eigenvalue weighted by Gasteiger charge is 2.10. The molecule has 0 amide bonds. The van der Waals surface area contributed by atoms with Crippen LogP contribution in [-0.4, -0.2) is 31.3 Å². The molecule has 0 spiro atoms. The van der Waals surface area contributed by atoms with Crippen molar-refractivity contribution in [2.45, 2.75) is 26.9 Å². The molecule has 0 aliphatic carbocycles. The van der Waals surface area contributed by atoms with Crippen molar-refractivity contribution in [3.63, 3.8) is 0 Å². The number of aryl methyl sites for hydroxylation is 3. The van der Waals surface area contributed by atoms with Gasteiger partial charge in [-0.2, -0.15) is 0 Å². The second-order valence-electron chi connectivity index (χ2n) is 4.49. The molecule has 3 heteroatoms. The summed E-state index contributed by atoms with van der Waals surface area (Å²) in [6.07, 6.45) is -0.467. The summed E-state index contributed by atoms with van der Waals surface area (Å²) in [5.74, 6) is 0. The number of hydrogen-bond donors (Lipinski definition) is 2. The van der Waals surface area contributed by atoms with Crippen LogP contribution >= 0.6 is 0 Å². The minimum atomic E-state index is -0.467. The van der Waals surface area contributed by atoms with Crippen molar-refractivity contribution >= 4 is 5.69 Å². The van der Waals surface area contributed by atoms with Crippen LogP contribution in [0.1, 0.15) is 16.7 Å². The van der Waals surface area contributed by atoms with Crippen molar-refractivity contribution in [2.24, 2.45) is 5.73 Å². The summed E-state index contributed by atoms with van der Waals surface area (Å²) in [5.41, 5.74) is 10.4. The number of nitrogens with zero attached hydrogens (tertiary/aromatic N) is 1. The van der Waals surface area contributed by atoms with Gasteiger partial charge in [-0.3, -0.25) is 0 Å². The summed E-state index contributed by atoms with van der Waals surface area (Å²) in [5, 5.41) is 9.54. The number of aliphatic hydroxyl groups excluding tert-OH is 1. The lowest BCUT2D eigenvalue weighted by Gasteiger charge is -2.24. The normalized spacial score (nSPS) is 12.6. The quantitative estimate of drug-likeness (QED) is 0.809.